The van der Waals surface area contributed by atoms with Crippen molar-refractivity contribution in [3.63, 3.8) is 0 Å². The van der Waals surface area contributed by atoms with Crippen LogP contribution >= 0.6 is 0 Å². The second-order valence-corrected chi connectivity index (χ2v) is 11.9. The van der Waals surface area contributed by atoms with Crippen molar-refractivity contribution in [2.45, 2.75) is 76.9 Å². The number of imidazole rings is 1. The van der Waals surface area contributed by atoms with Gasteiger partial charge in [0.1, 0.15) is 0 Å². The van der Waals surface area contributed by atoms with Gasteiger partial charge in [-0.3, -0.25) is 9.13 Å². The zero-order valence-electron chi connectivity index (χ0n) is 20.0. The Hall–Kier alpha value is -1.63. The van der Waals surface area contributed by atoms with E-state index in [0.717, 1.165) is 60.1 Å². The summed E-state index contributed by atoms with van der Waals surface area (Å²) in [7, 11) is 0. The highest BCUT2D eigenvalue weighted by atomic mass is 16.7. The smallest absolute Gasteiger partial charge is 0.331 e. The van der Waals surface area contributed by atoms with Crippen molar-refractivity contribution in [3.05, 3.63) is 34.7 Å². The third kappa shape index (κ3) is 3.13. The highest BCUT2D eigenvalue weighted by Gasteiger charge is 2.63. The lowest BCUT2D eigenvalue weighted by atomic mass is 9.76. The Morgan fingerprint density at radius 2 is 1.73 bits per heavy atom. The van der Waals surface area contributed by atoms with Gasteiger partial charge in [0.25, 0.3) is 0 Å². The molecule has 1 unspecified atom stereocenters. The first-order valence-electron chi connectivity index (χ1n) is 13.2. The Labute approximate surface area is 195 Å². The van der Waals surface area contributed by atoms with Crippen LogP contribution in [0.5, 0.6) is 0 Å². The Bertz CT molecular complexity index is 1120. The van der Waals surface area contributed by atoms with Crippen LogP contribution in [0, 0.1) is 23.2 Å². The molecule has 178 valence electrons. The molecular formula is C27H37N3O3. The quantitative estimate of drug-likeness (QED) is 0.684. The van der Waals surface area contributed by atoms with E-state index >= 15 is 0 Å². The van der Waals surface area contributed by atoms with Crippen molar-refractivity contribution in [3.8, 4) is 0 Å². The minimum absolute atomic E-state index is 0.0472. The number of piperidine rings is 1. The first-order valence-corrected chi connectivity index (χ1v) is 13.2. The van der Waals surface area contributed by atoms with Crippen LogP contribution in [0.3, 0.4) is 0 Å². The van der Waals surface area contributed by atoms with Crippen LogP contribution in [0.15, 0.2) is 29.1 Å². The average molecular weight is 452 g/mol. The summed E-state index contributed by atoms with van der Waals surface area (Å²) in [4.78, 5) is 16.4. The number of benzene rings is 1. The zero-order valence-corrected chi connectivity index (χ0v) is 20.0. The molecule has 0 N–H and O–H groups in total. The Kier molecular flexibility index (Phi) is 4.51. The topological polar surface area (TPSA) is 48.6 Å². The number of ether oxygens (including phenoxy) is 2. The molecule has 6 heteroatoms. The van der Waals surface area contributed by atoms with Gasteiger partial charge >= 0.3 is 5.69 Å². The Balaban J connectivity index is 1.11. The lowest BCUT2D eigenvalue weighted by molar-refractivity contribution is -0.148. The van der Waals surface area contributed by atoms with Crippen LogP contribution < -0.4 is 5.69 Å². The van der Waals surface area contributed by atoms with Crippen LogP contribution in [-0.2, 0) is 9.47 Å². The van der Waals surface area contributed by atoms with E-state index in [1.165, 1.54) is 38.6 Å². The molecule has 1 spiro atoms. The second-order valence-electron chi connectivity index (χ2n) is 11.9. The zero-order chi connectivity index (χ0) is 22.4. The largest absolute Gasteiger partial charge is 0.346 e. The molecule has 2 saturated heterocycles. The number of likely N-dealkylation sites (tertiary alicyclic amines) is 1. The number of aromatic nitrogens is 2. The molecule has 5 aliphatic rings. The lowest BCUT2D eigenvalue weighted by Gasteiger charge is -2.39. The van der Waals surface area contributed by atoms with E-state index in [1.807, 2.05) is 36.6 Å². The number of rotatable bonds is 4. The SMILES string of the molecule is CC1(C)OCC(n2c(=O)n(C3CCN(C[C@H]4[C@H]5CC[C@H](C5)C45CC5)CC3)c3ccccc32)O1. The Morgan fingerprint density at radius 1 is 1.00 bits per heavy atom. The highest BCUT2D eigenvalue weighted by Crippen LogP contribution is 2.71. The van der Waals surface area contributed by atoms with Gasteiger partial charge in [-0.25, -0.2) is 4.79 Å². The van der Waals surface area contributed by atoms with Gasteiger partial charge in [0.15, 0.2) is 12.0 Å². The van der Waals surface area contributed by atoms with Gasteiger partial charge in [0, 0.05) is 25.7 Å². The van der Waals surface area contributed by atoms with Crippen molar-refractivity contribution in [2.24, 2.45) is 23.2 Å². The molecule has 2 aliphatic heterocycles. The number of hydrogen-bond acceptors (Lipinski definition) is 4. The predicted octanol–water partition coefficient (Wildman–Crippen LogP) is 4.55. The molecule has 3 saturated carbocycles. The van der Waals surface area contributed by atoms with Crippen LogP contribution in [0.2, 0.25) is 0 Å². The molecular weight excluding hydrogens is 414 g/mol. The van der Waals surface area contributed by atoms with E-state index in [0.29, 0.717) is 6.61 Å². The summed E-state index contributed by atoms with van der Waals surface area (Å²) in [5.74, 6) is 2.33. The summed E-state index contributed by atoms with van der Waals surface area (Å²) < 4.78 is 15.8. The predicted molar refractivity (Wildman–Crippen MR) is 127 cm³/mol. The highest BCUT2D eigenvalue weighted by molar-refractivity contribution is 5.76. The van der Waals surface area contributed by atoms with E-state index in [2.05, 4.69) is 15.5 Å². The minimum Gasteiger partial charge on any atom is -0.346 e. The third-order valence-corrected chi connectivity index (χ3v) is 9.89. The molecule has 2 bridgehead atoms. The molecule has 33 heavy (non-hydrogen) atoms. The van der Waals surface area contributed by atoms with Crippen LogP contribution in [0.1, 0.15) is 71.1 Å². The van der Waals surface area contributed by atoms with Gasteiger partial charge in [-0.1, -0.05) is 12.1 Å². The molecule has 6 nitrogen and oxygen atoms in total. The standard InChI is InChI=1S/C27H37N3O3/c1-26(2)32-17-24(33-26)30-23-6-4-3-5-22(23)29(25(30)31)20-9-13-28(14-10-20)16-21-18-7-8-19(15-18)27(21)11-12-27/h3-6,18-21,24H,7-17H2,1-2H3/t18-,19+,21-,24?/m0/s1. The molecule has 5 fully saturated rings. The maximum atomic E-state index is 13.7. The number of hydrogen-bond donors (Lipinski definition) is 0. The normalized spacial score (nSPS) is 35.2. The maximum Gasteiger partial charge on any atom is 0.331 e. The minimum atomic E-state index is -0.656. The molecule has 1 aromatic carbocycles. The monoisotopic (exact) mass is 451 g/mol. The van der Waals surface area contributed by atoms with Crippen molar-refractivity contribution in [2.75, 3.05) is 26.2 Å². The fourth-order valence-corrected chi connectivity index (χ4v) is 8.19. The van der Waals surface area contributed by atoms with E-state index in [-0.39, 0.29) is 18.0 Å². The summed E-state index contributed by atoms with van der Waals surface area (Å²) in [5.41, 5.74) is 2.76. The van der Waals surface area contributed by atoms with Crippen LogP contribution in [-0.4, -0.2) is 46.1 Å². The van der Waals surface area contributed by atoms with Crippen LogP contribution in [0.25, 0.3) is 11.0 Å². The van der Waals surface area contributed by atoms with Crippen molar-refractivity contribution >= 4 is 11.0 Å². The van der Waals surface area contributed by atoms with Crippen molar-refractivity contribution in [1.82, 2.24) is 14.0 Å². The third-order valence-electron chi connectivity index (χ3n) is 9.89. The number of para-hydroxylation sites is 2. The van der Waals surface area contributed by atoms with E-state index in [9.17, 15) is 4.79 Å². The Morgan fingerprint density at radius 3 is 2.39 bits per heavy atom. The summed E-state index contributed by atoms with van der Waals surface area (Å²) in [6, 6.07) is 8.44. The molecule has 2 aromatic rings. The summed E-state index contributed by atoms with van der Waals surface area (Å²) >= 11 is 0. The van der Waals surface area contributed by atoms with E-state index < -0.39 is 5.79 Å². The van der Waals surface area contributed by atoms with E-state index in [4.69, 9.17) is 9.47 Å². The van der Waals surface area contributed by atoms with Gasteiger partial charge in [-0.15, -0.1) is 0 Å². The summed E-state index contributed by atoms with van der Waals surface area (Å²) in [6.45, 7) is 7.74. The molecule has 4 atom stereocenters. The first-order chi connectivity index (χ1) is 16.0. The molecule has 3 aliphatic carbocycles. The molecule has 7 rings (SSSR count). The van der Waals surface area contributed by atoms with Gasteiger partial charge in [0.2, 0.25) is 0 Å². The first kappa shape index (κ1) is 20.7. The summed E-state index contributed by atoms with van der Waals surface area (Å²) in [5, 5.41) is 0. The molecule has 0 amide bonds. The van der Waals surface area contributed by atoms with Gasteiger partial charge < -0.3 is 14.4 Å². The van der Waals surface area contributed by atoms with Gasteiger partial charge in [0.05, 0.1) is 17.6 Å². The number of nitrogens with zero attached hydrogens (tertiary/aromatic N) is 3. The number of fused-ring (bicyclic) bond motifs is 4. The molecule has 3 heterocycles. The van der Waals surface area contributed by atoms with E-state index in [1.54, 1.807) is 0 Å². The summed E-state index contributed by atoms with van der Waals surface area (Å²) in [6.07, 6.45) is 9.22. The molecule has 0 radical (unpaired) electrons. The average Bonchev–Trinajstić information content (AvgIpc) is 3.08. The molecule has 1 aromatic heterocycles. The lowest BCUT2D eigenvalue weighted by Crippen LogP contribution is -2.43. The van der Waals surface area contributed by atoms with Gasteiger partial charge in [-0.2, -0.15) is 0 Å². The second kappa shape index (κ2) is 7.19. The van der Waals surface area contributed by atoms with Gasteiger partial charge in [-0.05, 0) is 94.1 Å². The fraction of sp³-hybridized carbons (Fsp3) is 0.741. The van der Waals surface area contributed by atoms with Crippen molar-refractivity contribution < 1.29 is 9.47 Å². The van der Waals surface area contributed by atoms with Crippen LogP contribution in [0.4, 0.5) is 0 Å². The van der Waals surface area contributed by atoms with Crippen molar-refractivity contribution in [1.29, 1.82) is 0 Å². The fourth-order valence-electron chi connectivity index (χ4n) is 8.19. The maximum absolute atomic E-state index is 13.7.